The van der Waals surface area contributed by atoms with Crippen LogP contribution in [0.25, 0.3) is 17.2 Å². The highest BCUT2D eigenvalue weighted by molar-refractivity contribution is 7.90. The number of allylic oxidation sites excluding steroid dienone is 3. The molecular formula is C24H25NOS. The van der Waals surface area contributed by atoms with E-state index in [9.17, 15) is 4.55 Å². The number of fused-ring (bicyclic) bond motifs is 1. The van der Waals surface area contributed by atoms with Gasteiger partial charge in [-0.2, -0.15) is 0 Å². The highest BCUT2D eigenvalue weighted by atomic mass is 32.2. The highest BCUT2D eigenvalue weighted by Gasteiger charge is 2.23. The van der Waals surface area contributed by atoms with Gasteiger partial charge in [-0.15, -0.1) is 6.42 Å². The Hall–Kier alpha value is -2.41. The fourth-order valence-electron chi connectivity index (χ4n) is 3.59. The van der Waals surface area contributed by atoms with Crippen LogP contribution in [0.3, 0.4) is 0 Å². The second-order valence-corrected chi connectivity index (χ2v) is 8.01. The van der Waals surface area contributed by atoms with Gasteiger partial charge in [0.1, 0.15) is 6.26 Å². The van der Waals surface area contributed by atoms with Gasteiger partial charge < -0.3 is 9.45 Å². The fraction of sp³-hybridized carbons (Fsp3) is 0.250. The third-order valence-electron chi connectivity index (χ3n) is 5.14. The molecule has 0 N–H and O–H groups in total. The summed E-state index contributed by atoms with van der Waals surface area (Å²) in [5.41, 5.74) is 7.86. The Labute approximate surface area is 165 Å². The van der Waals surface area contributed by atoms with Gasteiger partial charge in [-0.1, -0.05) is 12.0 Å². The van der Waals surface area contributed by atoms with Crippen molar-refractivity contribution < 1.29 is 4.55 Å². The molecule has 0 saturated carbocycles. The van der Waals surface area contributed by atoms with Crippen LogP contribution in [-0.2, 0) is 11.2 Å². The van der Waals surface area contributed by atoms with Gasteiger partial charge in [0.25, 0.3) is 0 Å². The second kappa shape index (κ2) is 8.08. The monoisotopic (exact) mass is 375 g/mol. The number of rotatable bonds is 5. The molecule has 0 saturated heterocycles. The molecule has 138 valence electrons. The molecule has 0 aliphatic heterocycles. The SMILES string of the molecule is C#CC1=C(C)C(=Cc2ccc([S+](C)[O-])cc2)c2ccc(N(CC)CC)cc21. The second-order valence-electron chi connectivity index (χ2n) is 6.63. The van der Waals surface area contributed by atoms with E-state index in [1.165, 1.54) is 11.3 Å². The molecule has 2 nitrogen and oxygen atoms in total. The Bertz CT molecular complexity index is 941. The Morgan fingerprint density at radius 3 is 2.30 bits per heavy atom. The molecule has 0 fully saturated rings. The minimum atomic E-state index is -0.962. The molecule has 0 radical (unpaired) electrons. The van der Waals surface area contributed by atoms with Crippen molar-refractivity contribution in [3.63, 3.8) is 0 Å². The molecule has 2 aromatic carbocycles. The van der Waals surface area contributed by atoms with Gasteiger partial charge in [-0.05, 0) is 96.7 Å². The van der Waals surface area contributed by atoms with Crippen molar-refractivity contribution in [2.45, 2.75) is 25.7 Å². The van der Waals surface area contributed by atoms with Crippen LogP contribution in [0, 0.1) is 12.3 Å². The van der Waals surface area contributed by atoms with Gasteiger partial charge in [0.05, 0.1) is 0 Å². The molecule has 0 heterocycles. The Morgan fingerprint density at radius 2 is 1.74 bits per heavy atom. The summed E-state index contributed by atoms with van der Waals surface area (Å²) in [4.78, 5) is 3.17. The number of nitrogens with zero attached hydrogens (tertiary/aromatic N) is 1. The van der Waals surface area contributed by atoms with Crippen LogP contribution in [0.15, 0.2) is 52.9 Å². The highest BCUT2D eigenvalue weighted by Crippen LogP contribution is 2.43. The Balaban J connectivity index is 2.07. The summed E-state index contributed by atoms with van der Waals surface area (Å²) in [6.07, 6.45) is 9.72. The maximum absolute atomic E-state index is 11.6. The third kappa shape index (κ3) is 3.69. The maximum Gasteiger partial charge on any atom is 0.152 e. The number of hydrogen-bond donors (Lipinski definition) is 0. The Morgan fingerprint density at radius 1 is 1.07 bits per heavy atom. The Kier molecular flexibility index (Phi) is 5.79. The lowest BCUT2D eigenvalue weighted by molar-refractivity contribution is 0.601. The van der Waals surface area contributed by atoms with Gasteiger partial charge in [0.15, 0.2) is 4.90 Å². The topological polar surface area (TPSA) is 26.3 Å². The predicted molar refractivity (Wildman–Crippen MR) is 118 cm³/mol. The van der Waals surface area contributed by atoms with Gasteiger partial charge in [0, 0.05) is 29.9 Å². The molecule has 3 heteroatoms. The molecule has 2 aromatic rings. The van der Waals surface area contributed by atoms with E-state index >= 15 is 0 Å². The molecule has 1 unspecified atom stereocenters. The van der Waals surface area contributed by atoms with Crippen molar-refractivity contribution in [1.82, 2.24) is 0 Å². The van der Waals surface area contributed by atoms with E-state index in [1.54, 1.807) is 6.26 Å². The molecule has 1 aliphatic carbocycles. The lowest BCUT2D eigenvalue weighted by Gasteiger charge is -2.22. The number of terminal acetylenes is 1. The zero-order valence-electron chi connectivity index (χ0n) is 16.4. The first-order valence-corrected chi connectivity index (χ1v) is 10.8. The van der Waals surface area contributed by atoms with E-state index in [0.717, 1.165) is 45.8 Å². The summed E-state index contributed by atoms with van der Waals surface area (Å²) in [6, 6.07) is 14.4. The summed E-state index contributed by atoms with van der Waals surface area (Å²) in [5.74, 6) is 2.89. The minimum absolute atomic E-state index is 0.837. The fourth-order valence-corrected chi connectivity index (χ4v) is 4.11. The lowest BCUT2D eigenvalue weighted by Crippen LogP contribution is -2.21. The zero-order valence-corrected chi connectivity index (χ0v) is 17.2. The van der Waals surface area contributed by atoms with Crippen LogP contribution in [-0.4, -0.2) is 23.9 Å². The van der Waals surface area contributed by atoms with Gasteiger partial charge >= 0.3 is 0 Å². The average Bonchev–Trinajstić information content (AvgIpc) is 2.94. The smallest absolute Gasteiger partial charge is 0.152 e. The van der Waals surface area contributed by atoms with Crippen molar-refractivity contribution in [3.05, 3.63) is 64.7 Å². The van der Waals surface area contributed by atoms with Gasteiger partial charge in [-0.25, -0.2) is 0 Å². The van der Waals surface area contributed by atoms with Crippen LogP contribution in [0.2, 0.25) is 0 Å². The number of hydrogen-bond acceptors (Lipinski definition) is 2. The lowest BCUT2D eigenvalue weighted by atomic mass is 10.00. The average molecular weight is 376 g/mol. The van der Waals surface area contributed by atoms with Gasteiger partial charge in [-0.3, -0.25) is 0 Å². The summed E-state index contributed by atoms with van der Waals surface area (Å²) in [7, 11) is 0. The largest absolute Gasteiger partial charge is 0.612 e. The summed E-state index contributed by atoms with van der Waals surface area (Å²) < 4.78 is 11.6. The maximum atomic E-state index is 11.6. The normalized spacial score (nSPS) is 15.6. The summed E-state index contributed by atoms with van der Waals surface area (Å²) in [6.45, 7) is 8.36. The van der Waals surface area contributed by atoms with E-state index in [-0.39, 0.29) is 0 Å². The van der Waals surface area contributed by atoms with Crippen LogP contribution in [0.1, 0.15) is 37.5 Å². The van der Waals surface area contributed by atoms with Crippen LogP contribution in [0.4, 0.5) is 5.69 Å². The van der Waals surface area contributed by atoms with E-state index in [2.05, 4.69) is 55.9 Å². The van der Waals surface area contributed by atoms with Gasteiger partial charge in [0.2, 0.25) is 0 Å². The first kappa shape index (κ1) is 19.4. The van der Waals surface area contributed by atoms with E-state index < -0.39 is 11.2 Å². The molecular weight excluding hydrogens is 350 g/mol. The minimum Gasteiger partial charge on any atom is -0.612 e. The standard InChI is InChI=1S/C24H25NOS/c1-6-21-17(4)23(15-18-9-12-20(13-10-18)27(5)26)22-14-11-19(16-24(21)22)25(7-2)8-3/h1,9-16H,7-8H2,2-5H3. The first-order valence-electron chi connectivity index (χ1n) is 9.22. The predicted octanol–water partition coefficient (Wildman–Crippen LogP) is 5.23. The van der Waals surface area contributed by atoms with Crippen molar-refractivity contribution in [2.75, 3.05) is 24.2 Å². The summed E-state index contributed by atoms with van der Waals surface area (Å²) in [5, 5.41) is 0. The summed E-state index contributed by atoms with van der Waals surface area (Å²) >= 11 is -0.962. The number of anilines is 1. The van der Waals surface area contributed by atoms with Crippen LogP contribution in [0.5, 0.6) is 0 Å². The van der Waals surface area contributed by atoms with E-state index in [1.807, 2.05) is 24.3 Å². The number of benzene rings is 2. The molecule has 27 heavy (non-hydrogen) atoms. The van der Waals surface area contributed by atoms with Crippen molar-refractivity contribution in [3.8, 4) is 12.3 Å². The molecule has 0 aromatic heterocycles. The molecule has 0 bridgehead atoms. The zero-order chi connectivity index (χ0) is 19.6. The third-order valence-corrected chi connectivity index (χ3v) is 6.07. The molecule has 0 spiro atoms. The molecule has 1 aliphatic rings. The molecule has 0 amide bonds. The van der Waals surface area contributed by atoms with Crippen molar-refractivity contribution in [2.24, 2.45) is 0 Å². The quantitative estimate of drug-likeness (QED) is 0.528. The van der Waals surface area contributed by atoms with E-state index in [4.69, 9.17) is 6.42 Å². The molecule has 1 atom stereocenters. The van der Waals surface area contributed by atoms with Crippen LogP contribution < -0.4 is 4.90 Å². The molecule has 3 rings (SSSR count). The first-order chi connectivity index (χ1) is 13.0. The van der Waals surface area contributed by atoms with E-state index in [0.29, 0.717) is 0 Å². The van der Waals surface area contributed by atoms with Crippen LogP contribution >= 0.6 is 0 Å². The van der Waals surface area contributed by atoms with Crippen molar-refractivity contribution in [1.29, 1.82) is 0 Å². The van der Waals surface area contributed by atoms with Crippen molar-refractivity contribution >= 4 is 34.1 Å².